The quantitative estimate of drug-likeness (QED) is 0.245. The lowest BCUT2D eigenvalue weighted by Crippen LogP contribution is -2.54. The van der Waals surface area contributed by atoms with Gasteiger partial charge in [0.1, 0.15) is 33.4 Å². The third kappa shape index (κ3) is 6.30. The van der Waals surface area contributed by atoms with Gasteiger partial charge in [-0.05, 0) is 67.1 Å². The van der Waals surface area contributed by atoms with Gasteiger partial charge in [0.25, 0.3) is 5.91 Å². The molecular formula is C35H36N6O4S. The highest BCUT2D eigenvalue weighted by atomic mass is 32.2. The molecule has 0 aliphatic carbocycles. The van der Waals surface area contributed by atoms with Gasteiger partial charge >= 0.3 is 6.03 Å². The number of carbonyl (C=O) groups is 3. The number of rotatable bonds is 6. The molecule has 4 amide bonds. The maximum Gasteiger partial charge on any atom is 0.327 e. The van der Waals surface area contributed by atoms with Crippen LogP contribution in [0.4, 0.5) is 16.2 Å². The third-order valence-electron chi connectivity index (χ3n) is 8.14. The van der Waals surface area contributed by atoms with Crippen LogP contribution in [0.5, 0.6) is 11.5 Å². The average Bonchev–Trinajstić information content (AvgIpc) is 3.40. The number of para-hydroxylation sites is 1. The monoisotopic (exact) mass is 636 g/mol. The van der Waals surface area contributed by atoms with Crippen molar-refractivity contribution < 1.29 is 19.1 Å². The number of allylic oxidation sites excluding steroid dienone is 1. The number of ether oxygens (including phenoxy) is 1. The van der Waals surface area contributed by atoms with Gasteiger partial charge in [-0.1, -0.05) is 56.8 Å². The minimum Gasteiger partial charge on any atom is -0.457 e. The Balaban J connectivity index is 1.18. The fourth-order valence-corrected chi connectivity index (χ4v) is 7.38. The minimum atomic E-state index is -0.626. The van der Waals surface area contributed by atoms with Crippen LogP contribution >= 0.6 is 11.8 Å². The lowest BCUT2D eigenvalue weighted by Gasteiger charge is -2.36. The second-order valence-electron chi connectivity index (χ2n) is 12.8. The van der Waals surface area contributed by atoms with E-state index in [2.05, 4.69) is 15.6 Å². The summed E-state index contributed by atoms with van der Waals surface area (Å²) in [6.07, 6.45) is 4.77. The van der Waals surface area contributed by atoms with Crippen molar-refractivity contribution in [1.82, 2.24) is 20.5 Å². The van der Waals surface area contributed by atoms with Crippen LogP contribution in [-0.4, -0.2) is 52.1 Å². The SMILES string of the molecule is Cc1cc(Oc2ccccc2)ccc1N1C(=O)NC2c3c1ccnc3SC2C(=O)NC1CCCN(C(=O)/C(C#N)=C/C(C)(C)C)C1. The zero-order valence-corrected chi connectivity index (χ0v) is 27.1. The summed E-state index contributed by atoms with van der Waals surface area (Å²) in [6, 6.07) is 17.8. The molecule has 11 heteroatoms. The van der Waals surface area contributed by atoms with E-state index in [0.717, 1.165) is 16.9 Å². The second-order valence-corrected chi connectivity index (χ2v) is 14.0. The summed E-state index contributed by atoms with van der Waals surface area (Å²) in [5.74, 6) is 0.837. The summed E-state index contributed by atoms with van der Waals surface area (Å²) < 4.78 is 5.99. The first-order valence-electron chi connectivity index (χ1n) is 15.3. The van der Waals surface area contributed by atoms with E-state index >= 15 is 0 Å². The molecule has 3 unspecified atom stereocenters. The maximum absolute atomic E-state index is 13.7. The van der Waals surface area contributed by atoms with Crippen molar-refractivity contribution in [1.29, 1.82) is 5.26 Å². The van der Waals surface area contributed by atoms with Crippen LogP contribution in [-0.2, 0) is 9.59 Å². The molecule has 2 N–H and O–H groups in total. The smallest absolute Gasteiger partial charge is 0.327 e. The van der Waals surface area contributed by atoms with E-state index in [1.807, 2.05) is 88.4 Å². The summed E-state index contributed by atoms with van der Waals surface area (Å²) in [5.41, 5.74) is 2.84. The van der Waals surface area contributed by atoms with Crippen molar-refractivity contribution in [3.63, 3.8) is 0 Å². The molecule has 3 aromatic rings. The van der Waals surface area contributed by atoms with Crippen LogP contribution in [0.15, 0.2) is 77.5 Å². The Morgan fingerprint density at radius 2 is 1.91 bits per heavy atom. The molecule has 10 nitrogen and oxygen atoms in total. The number of pyridine rings is 1. The normalized spacial score (nSPS) is 20.8. The van der Waals surface area contributed by atoms with Crippen molar-refractivity contribution in [3.05, 3.63) is 83.6 Å². The summed E-state index contributed by atoms with van der Waals surface area (Å²) in [5, 5.41) is 15.9. The van der Waals surface area contributed by atoms with E-state index in [1.165, 1.54) is 11.8 Å². The number of aryl methyl sites for hydroxylation is 1. The van der Waals surface area contributed by atoms with E-state index in [1.54, 1.807) is 22.1 Å². The van der Waals surface area contributed by atoms with E-state index < -0.39 is 11.3 Å². The van der Waals surface area contributed by atoms with Crippen LogP contribution in [0.25, 0.3) is 0 Å². The van der Waals surface area contributed by atoms with Gasteiger partial charge < -0.3 is 20.3 Å². The zero-order valence-electron chi connectivity index (χ0n) is 26.2. The number of likely N-dealkylation sites (tertiary alicyclic amines) is 1. The number of urea groups is 1. The Hall–Kier alpha value is -4.82. The molecule has 3 aliphatic rings. The number of piperidine rings is 1. The summed E-state index contributed by atoms with van der Waals surface area (Å²) in [4.78, 5) is 48.4. The largest absolute Gasteiger partial charge is 0.457 e. The van der Waals surface area contributed by atoms with Gasteiger partial charge in [0.15, 0.2) is 0 Å². The molecule has 1 saturated heterocycles. The maximum atomic E-state index is 13.7. The standard InChI is InChI=1S/C35H36N6O4S/c1-21-17-25(45-24-10-6-5-7-11-24)12-13-26(21)41-27-14-15-37-32-28(27)29(39-34(41)44)30(46-32)31(42)38-23-9-8-16-40(20-23)33(43)22(19-36)18-35(2,3)4/h5-7,10-15,17-18,23,29-30H,8-9,16,20H2,1-4H3,(H,38,42)(H,39,44)/b22-18+. The topological polar surface area (TPSA) is 128 Å². The van der Waals surface area contributed by atoms with Crippen molar-refractivity contribution in [2.24, 2.45) is 5.41 Å². The Morgan fingerprint density at radius 3 is 2.63 bits per heavy atom. The Kier molecular flexibility index (Phi) is 8.49. The predicted octanol–water partition coefficient (Wildman–Crippen LogP) is 6.16. The molecule has 0 spiro atoms. The van der Waals surface area contributed by atoms with Crippen LogP contribution < -0.4 is 20.3 Å². The zero-order chi connectivity index (χ0) is 32.6. The molecule has 6 rings (SSSR count). The number of aromatic nitrogens is 1. The first-order chi connectivity index (χ1) is 22.0. The highest BCUT2D eigenvalue weighted by molar-refractivity contribution is 8.01. The highest BCUT2D eigenvalue weighted by Crippen LogP contribution is 2.51. The van der Waals surface area contributed by atoms with E-state index in [4.69, 9.17) is 4.74 Å². The number of amides is 4. The summed E-state index contributed by atoms with van der Waals surface area (Å²) in [7, 11) is 0. The van der Waals surface area contributed by atoms with Gasteiger partial charge in [0, 0.05) is 30.9 Å². The number of nitrogens with one attached hydrogen (secondary N) is 2. The van der Waals surface area contributed by atoms with Gasteiger partial charge in [-0.25, -0.2) is 9.78 Å². The van der Waals surface area contributed by atoms with E-state index in [0.29, 0.717) is 48.1 Å². The van der Waals surface area contributed by atoms with Gasteiger partial charge in [-0.2, -0.15) is 5.26 Å². The first-order valence-corrected chi connectivity index (χ1v) is 16.2. The first kappa shape index (κ1) is 31.2. The molecule has 1 fully saturated rings. The Morgan fingerprint density at radius 1 is 1.13 bits per heavy atom. The summed E-state index contributed by atoms with van der Waals surface area (Å²) >= 11 is 1.33. The molecule has 2 aromatic carbocycles. The summed E-state index contributed by atoms with van der Waals surface area (Å²) in [6.45, 7) is 8.59. The minimum absolute atomic E-state index is 0.114. The average molecular weight is 637 g/mol. The van der Waals surface area contributed by atoms with Crippen molar-refractivity contribution in [3.8, 4) is 17.6 Å². The predicted molar refractivity (Wildman–Crippen MR) is 176 cm³/mol. The van der Waals surface area contributed by atoms with Crippen LogP contribution in [0.2, 0.25) is 0 Å². The molecule has 0 saturated carbocycles. The fourth-order valence-electron chi connectivity index (χ4n) is 6.14. The molecule has 0 bridgehead atoms. The number of thioether (sulfide) groups is 1. The van der Waals surface area contributed by atoms with Gasteiger partial charge in [-0.3, -0.25) is 14.5 Å². The molecule has 3 atom stereocenters. The third-order valence-corrected chi connectivity index (χ3v) is 9.42. The fraction of sp³-hybridized carbons (Fsp3) is 0.343. The Bertz CT molecular complexity index is 1760. The van der Waals surface area contributed by atoms with Gasteiger partial charge in [0.05, 0.1) is 17.4 Å². The second kappa shape index (κ2) is 12.5. The van der Waals surface area contributed by atoms with Crippen molar-refractivity contribution in [2.75, 3.05) is 18.0 Å². The van der Waals surface area contributed by atoms with Crippen molar-refractivity contribution in [2.45, 2.75) is 62.9 Å². The molecule has 1 aromatic heterocycles. The highest BCUT2D eigenvalue weighted by Gasteiger charge is 2.47. The molecule has 0 radical (unpaired) electrons. The molecule has 46 heavy (non-hydrogen) atoms. The lowest BCUT2D eigenvalue weighted by atomic mass is 9.93. The van der Waals surface area contributed by atoms with Gasteiger partial charge in [0.2, 0.25) is 5.91 Å². The molecule has 3 aliphatic heterocycles. The van der Waals surface area contributed by atoms with E-state index in [-0.39, 0.29) is 34.9 Å². The lowest BCUT2D eigenvalue weighted by molar-refractivity contribution is -0.129. The van der Waals surface area contributed by atoms with Crippen LogP contribution in [0, 0.1) is 23.7 Å². The van der Waals surface area contributed by atoms with E-state index in [9.17, 15) is 19.6 Å². The molecular weight excluding hydrogens is 600 g/mol. The number of anilines is 2. The van der Waals surface area contributed by atoms with Gasteiger partial charge in [-0.15, -0.1) is 0 Å². The number of nitrogens with zero attached hydrogens (tertiary/aromatic N) is 4. The van der Waals surface area contributed by atoms with Crippen LogP contribution in [0.3, 0.4) is 0 Å². The number of nitriles is 1. The number of hydrogen-bond acceptors (Lipinski definition) is 7. The Labute approximate surface area is 272 Å². The number of hydrogen-bond donors (Lipinski definition) is 2. The number of benzene rings is 2. The van der Waals surface area contributed by atoms with Crippen LogP contribution in [0.1, 0.15) is 50.8 Å². The molecule has 236 valence electrons. The molecule has 4 heterocycles. The van der Waals surface area contributed by atoms with Crippen molar-refractivity contribution >= 4 is 41.0 Å². The number of carbonyl (C=O) groups excluding carboxylic acids is 3.